The van der Waals surface area contributed by atoms with Gasteiger partial charge in [-0.15, -0.1) is 0 Å². The van der Waals surface area contributed by atoms with Gasteiger partial charge in [-0.2, -0.15) is 0 Å². The largest absolute Gasteiger partial charge is 0.493 e. The van der Waals surface area contributed by atoms with Crippen LogP contribution in [0, 0.1) is 5.92 Å². The Morgan fingerprint density at radius 3 is 2.56 bits per heavy atom. The molecule has 1 unspecified atom stereocenters. The number of aliphatic hydroxyl groups is 1. The summed E-state index contributed by atoms with van der Waals surface area (Å²) in [5, 5.41) is 8.96. The second-order valence-electron chi connectivity index (χ2n) is 3.49. The van der Waals surface area contributed by atoms with Crippen molar-refractivity contribution in [1.29, 1.82) is 0 Å². The minimum Gasteiger partial charge on any atom is -0.493 e. The minimum atomic E-state index is -0.444. The van der Waals surface area contributed by atoms with Crippen LogP contribution in [0.3, 0.4) is 0 Å². The summed E-state index contributed by atoms with van der Waals surface area (Å²) in [6, 6.07) is 5.10. The van der Waals surface area contributed by atoms with E-state index in [4.69, 9.17) is 14.6 Å². The number of carbonyl (C=O) groups is 1. The number of Topliss-reactive ketones (excluding diaryl/α,β-unsaturated/α-hetero) is 1. The van der Waals surface area contributed by atoms with E-state index < -0.39 is 5.92 Å². The lowest BCUT2D eigenvalue weighted by atomic mass is 9.99. The van der Waals surface area contributed by atoms with Crippen molar-refractivity contribution in [2.24, 2.45) is 5.92 Å². The second kappa shape index (κ2) is 5.51. The van der Waals surface area contributed by atoms with Gasteiger partial charge in [-0.25, -0.2) is 0 Å². The number of hydrogen-bond donors (Lipinski definition) is 1. The van der Waals surface area contributed by atoms with Crippen molar-refractivity contribution in [1.82, 2.24) is 0 Å². The Bertz CT molecular complexity index is 373. The topological polar surface area (TPSA) is 55.8 Å². The van der Waals surface area contributed by atoms with Crippen molar-refractivity contribution in [2.45, 2.75) is 6.92 Å². The minimum absolute atomic E-state index is 0.154. The first kappa shape index (κ1) is 12.5. The fourth-order valence-corrected chi connectivity index (χ4v) is 1.43. The lowest BCUT2D eigenvalue weighted by Crippen LogP contribution is -2.16. The molecule has 0 bridgehead atoms. The third-order valence-electron chi connectivity index (χ3n) is 2.39. The van der Waals surface area contributed by atoms with Crippen LogP contribution in [0.1, 0.15) is 17.3 Å². The van der Waals surface area contributed by atoms with Crippen LogP contribution in [-0.4, -0.2) is 31.7 Å². The summed E-state index contributed by atoms with van der Waals surface area (Å²) in [6.45, 7) is 1.49. The van der Waals surface area contributed by atoms with Gasteiger partial charge in [0.2, 0.25) is 0 Å². The summed E-state index contributed by atoms with van der Waals surface area (Å²) in [7, 11) is 3.00. The second-order valence-corrected chi connectivity index (χ2v) is 3.49. The summed E-state index contributed by atoms with van der Waals surface area (Å²) in [5.41, 5.74) is 0.434. The molecule has 4 heteroatoms. The van der Waals surface area contributed by atoms with Crippen LogP contribution in [0.4, 0.5) is 0 Å². The molecule has 0 saturated carbocycles. The highest BCUT2D eigenvalue weighted by Crippen LogP contribution is 2.32. The summed E-state index contributed by atoms with van der Waals surface area (Å²) in [4.78, 5) is 11.9. The number of ether oxygens (including phenoxy) is 2. The molecule has 0 aromatic heterocycles. The van der Waals surface area contributed by atoms with E-state index in [1.807, 2.05) is 0 Å². The monoisotopic (exact) mass is 224 g/mol. The molecule has 88 valence electrons. The van der Waals surface area contributed by atoms with Crippen LogP contribution in [0.5, 0.6) is 11.5 Å². The molecule has 0 saturated heterocycles. The number of carbonyl (C=O) groups excluding carboxylic acids is 1. The maximum atomic E-state index is 11.9. The normalized spacial score (nSPS) is 12.0. The van der Waals surface area contributed by atoms with Gasteiger partial charge in [0.05, 0.1) is 26.4 Å². The smallest absolute Gasteiger partial charge is 0.171 e. The number of hydrogen-bond acceptors (Lipinski definition) is 4. The van der Waals surface area contributed by atoms with Crippen LogP contribution in [0.15, 0.2) is 18.2 Å². The third-order valence-corrected chi connectivity index (χ3v) is 2.39. The standard InChI is InChI=1S/C12H16O4/c1-8(7-13)11(14)9-5-4-6-10(15-2)12(9)16-3/h4-6,8,13H,7H2,1-3H3. The van der Waals surface area contributed by atoms with Crippen LogP contribution >= 0.6 is 0 Å². The van der Waals surface area contributed by atoms with Gasteiger partial charge in [0, 0.05) is 5.92 Å². The van der Waals surface area contributed by atoms with Crippen LogP contribution in [-0.2, 0) is 0 Å². The summed E-state index contributed by atoms with van der Waals surface area (Å²) < 4.78 is 10.3. The van der Waals surface area contributed by atoms with Crippen molar-refractivity contribution in [3.8, 4) is 11.5 Å². The summed E-state index contributed by atoms with van der Waals surface area (Å²) in [6.07, 6.45) is 0. The molecule has 16 heavy (non-hydrogen) atoms. The van der Waals surface area contributed by atoms with E-state index in [0.29, 0.717) is 17.1 Å². The maximum Gasteiger partial charge on any atom is 0.171 e. The average Bonchev–Trinajstić information content (AvgIpc) is 2.35. The molecular weight excluding hydrogens is 208 g/mol. The van der Waals surface area contributed by atoms with Gasteiger partial charge >= 0.3 is 0 Å². The van der Waals surface area contributed by atoms with E-state index in [0.717, 1.165) is 0 Å². The van der Waals surface area contributed by atoms with E-state index >= 15 is 0 Å². The molecule has 0 radical (unpaired) electrons. The predicted molar refractivity (Wildman–Crippen MR) is 60.1 cm³/mol. The maximum absolute atomic E-state index is 11.9. The Labute approximate surface area is 94.8 Å². The zero-order valence-electron chi connectivity index (χ0n) is 9.69. The van der Waals surface area contributed by atoms with Crippen LogP contribution in [0.2, 0.25) is 0 Å². The molecular formula is C12H16O4. The molecule has 1 aromatic carbocycles. The van der Waals surface area contributed by atoms with Gasteiger partial charge in [0.1, 0.15) is 0 Å². The molecule has 0 aliphatic rings. The van der Waals surface area contributed by atoms with Crippen molar-refractivity contribution in [3.63, 3.8) is 0 Å². The number of benzene rings is 1. The predicted octanol–water partition coefficient (Wildman–Crippen LogP) is 1.51. The lowest BCUT2D eigenvalue weighted by molar-refractivity contribution is 0.0874. The number of para-hydroxylation sites is 1. The Morgan fingerprint density at radius 2 is 2.06 bits per heavy atom. The zero-order chi connectivity index (χ0) is 12.1. The number of methoxy groups -OCH3 is 2. The quantitative estimate of drug-likeness (QED) is 0.770. The van der Waals surface area contributed by atoms with Gasteiger partial charge in [-0.05, 0) is 12.1 Å². The van der Waals surface area contributed by atoms with E-state index in [-0.39, 0.29) is 12.4 Å². The average molecular weight is 224 g/mol. The van der Waals surface area contributed by atoms with Crippen LogP contribution in [0.25, 0.3) is 0 Å². The van der Waals surface area contributed by atoms with Gasteiger partial charge in [-0.1, -0.05) is 13.0 Å². The number of ketones is 1. The van der Waals surface area contributed by atoms with Gasteiger partial charge < -0.3 is 14.6 Å². The van der Waals surface area contributed by atoms with Crippen molar-refractivity contribution in [2.75, 3.05) is 20.8 Å². The van der Waals surface area contributed by atoms with Gasteiger partial charge in [-0.3, -0.25) is 4.79 Å². The molecule has 0 amide bonds. The molecule has 1 rings (SSSR count). The summed E-state index contributed by atoms with van der Waals surface area (Å²) >= 11 is 0. The Balaban J connectivity index is 3.17. The Morgan fingerprint density at radius 1 is 1.38 bits per heavy atom. The lowest BCUT2D eigenvalue weighted by Gasteiger charge is -2.13. The first-order valence-corrected chi connectivity index (χ1v) is 5.01. The van der Waals surface area contributed by atoms with E-state index in [9.17, 15) is 4.79 Å². The fourth-order valence-electron chi connectivity index (χ4n) is 1.43. The molecule has 1 N–H and O–H groups in total. The van der Waals surface area contributed by atoms with Crippen molar-refractivity contribution >= 4 is 5.78 Å². The molecule has 0 fully saturated rings. The third kappa shape index (κ3) is 2.33. The Kier molecular flexibility index (Phi) is 4.31. The zero-order valence-corrected chi connectivity index (χ0v) is 9.69. The highest BCUT2D eigenvalue weighted by Gasteiger charge is 2.20. The SMILES string of the molecule is COc1cccc(C(=O)C(C)CO)c1OC. The highest BCUT2D eigenvalue weighted by molar-refractivity contribution is 6.00. The van der Waals surface area contributed by atoms with E-state index in [1.165, 1.54) is 14.2 Å². The molecule has 4 nitrogen and oxygen atoms in total. The van der Waals surface area contributed by atoms with Crippen molar-refractivity contribution < 1.29 is 19.4 Å². The first-order chi connectivity index (χ1) is 7.65. The molecule has 0 heterocycles. The number of aliphatic hydroxyl groups excluding tert-OH is 1. The fraction of sp³-hybridized carbons (Fsp3) is 0.417. The highest BCUT2D eigenvalue weighted by atomic mass is 16.5. The van der Waals surface area contributed by atoms with Crippen molar-refractivity contribution in [3.05, 3.63) is 23.8 Å². The Hall–Kier alpha value is -1.55. The number of rotatable bonds is 5. The first-order valence-electron chi connectivity index (χ1n) is 5.01. The van der Waals surface area contributed by atoms with E-state index in [2.05, 4.69) is 0 Å². The molecule has 1 aromatic rings. The van der Waals surface area contributed by atoms with Crippen LogP contribution < -0.4 is 9.47 Å². The summed E-state index contributed by atoms with van der Waals surface area (Å²) in [5.74, 6) is 0.327. The molecule has 0 aliphatic heterocycles. The van der Waals surface area contributed by atoms with Gasteiger partial charge in [0.25, 0.3) is 0 Å². The molecule has 0 aliphatic carbocycles. The van der Waals surface area contributed by atoms with E-state index in [1.54, 1.807) is 25.1 Å². The molecule has 0 spiro atoms. The van der Waals surface area contributed by atoms with Gasteiger partial charge in [0.15, 0.2) is 17.3 Å². The molecule has 1 atom stereocenters.